The van der Waals surface area contributed by atoms with Crippen molar-refractivity contribution in [3.63, 3.8) is 0 Å². The fourth-order valence-corrected chi connectivity index (χ4v) is 3.96. The fourth-order valence-electron chi connectivity index (χ4n) is 3.96. The number of amides is 1. The molecule has 0 saturated carbocycles. The summed E-state index contributed by atoms with van der Waals surface area (Å²) in [4.78, 5) is 27.0. The maximum absolute atomic E-state index is 14.1. The van der Waals surface area contributed by atoms with Gasteiger partial charge in [-0.1, -0.05) is 5.16 Å². The second-order valence-electron chi connectivity index (χ2n) is 8.03. The van der Waals surface area contributed by atoms with Gasteiger partial charge in [-0.05, 0) is 37.3 Å². The lowest BCUT2D eigenvalue weighted by atomic mass is 10.0. The smallest absolute Gasteiger partial charge is 0.249 e. The molecule has 1 amide bonds. The highest BCUT2D eigenvalue weighted by atomic mass is 19.1. The van der Waals surface area contributed by atoms with Crippen LogP contribution in [0.3, 0.4) is 0 Å². The van der Waals surface area contributed by atoms with Gasteiger partial charge in [0.1, 0.15) is 29.2 Å². The number of carbonyl (C=O) groups excluding carboxylic acids is 1. The van der Waals surface area contributed by atoms with E-state index in [1.54, 1.807) is 4.90 Å². The Morgan fingerprint density at radius 2 is 2.06 bits per heavy atom. The molecule has 1 fully saturated rings. The van der Waals surface area contributed by atoms with Crippen LogP contribution in [0.5, 0.6) is 0 Å². The Hall–Kier alpha value is -3.34. The third-order valence-electron chi connectivity index (χ3n) is 5.56. The largest absolute Gasteiger partial charge is 0.337 e. The average molecular weight is 460 g/mol. The van der Waals surface area contributed by atoms with Crippen LogP contribution in [-0.4, -0.2) is 43.5 Å². The van der Waals surface area contributed by atoms with Crippen molar-refractivity contribution < 1.29 is 22.5 Å². The predicted octanol–water partition coefficient (Wildman–Crippen LogP) is 4.02. The Labute approximate surface area is 188 Å². The van der Waals surface area contributed by atoms with Crippen molar-refractivity contribution in [2.45, 2.75) is 50.6 Å². The molecule has 4 rings (SSSR count). The topological polar surface area (TPSA) is 111 Å². The van der Waals surface area contributed by atoms with E-state index in [9.17, 15) is 18.0 Å². The molecule has 1 unspecified atom stereocenters. The highest BCUT2D eigenvalue weighted by Crippen LogP contribution is 2.33. The van der Waals surface area contributed by atoms with Crippen LogP contribution < -0.4 is 5.73 Å². The number of aromatic nitrogens is 4. The molecule has 2 aliphatic rings. The molecular weight excluding hydrogens is 437 g/mol. The number of hydrogen-bond acceptors (Lipinski definition) is 7. The van der Waals surface area contributed by atoms with Crippen LogP contribution in [-0.2, 0) is 4.79 Å². The molecule has 2 atom stereocenters. The minimum Gasteiger partial charge on any atom is -0.337 e. The summed E-state index contributed by atoms with van der Waals surface area (Å²) >= 11 is 0. The number of halogens is 3. The van der Waals surface area contributed by atoms with E-state index in [1.165, 1.54) is 18.6 Å². The summed E-state index contributed by atoms with van der Waals surface area (Å²) in [7, 11) is 0. The monoisotopic (exact) mass is 460 g/mol. The van der Waals surface area contributed by atoms with E-state index in [0.717, 1.165) is 12.5 Å². The molecule has 2 aromatic heterocycles. The molecule has 0 spiro atoms. The van der Waals surface area contributed by atoms with Gasteiger partial charge in [0.25, 0.3) is 0 Å². The Balaban J connectivity index is 1.36. The molecule has 2 aromatic rings. The normalized spacial score (nSPS) is 19.9. The van der Waals surface area contributed by atoms with E-state index in [4.69, 9.17) is 10.3 Å². The van der Waals surface area contributed by atoms with Crippen LogP contribution in [0.4, 0.5) is 13.2 Å². The van der Waals surface area contributed by atoms with Crippen molar-refractivity contribution in [3.8, 4) is 11.5 Å². The Kier molecular flexibility index (Phi) is 6.97. The summed E-state index contributed by atoms with van der Waals surface area (Å²) in [5.41, 5.74) is 6.52. The molecule has 11 heteroatoms. The Bertz CT molecular complexity index is 1100. The third-order valence-corrected chi connectivity index (χ3v) is 5.56. The Morgan fingerprint density at radius 1 is 1.24 bits per heavy atom. The van der Waals surface area contributed by atoms with Crippen molar-refractivity contribution in [3.05, 3.63) is 59.7 Å². The standard InChI is InChI=1S/C22H23F3N6O2/c23-14-8-13(17(25)11-15(24)10-14)9-16(26)3-4-20(32)31-7-1-2-19(31)22-29-21(30-33-22)18-12-27-5-6-28-18/h5-6,8,11-12,16,19H,1-4,7,9-10,26H2/t16?,19-/m0/s1. The molecule has 0 bridgehead atoms. The second-order valence-corrected chi connectivity index (χ2v) is 8.03. The van der Waals surface area contributed by atoms with Crippen LogP contribution in [0, 0.1) is 0 Å². The molecule has 0 radical (unpaired) electrons. The second kappa shape index (κ2) is 10.1. The van der Waals surface area contributed by atoms with Gasteiger partial charge in [0.2, 0.25) is 17.6 Å². The highest BCUT2D eigenvalue weighted by molar-refractivity contribution is 5.77. The average Bonchev–Trinajstić information content (AvgIpc) is 3.44. The number of allylic oxidation sites excluding steroid dienone is 5. The summed E-state index contributed by atoms with van der Waals surface area (Å²) in [6.45, 7) is 0.541. The number of likely N-dealkylation sites (tertiary alicyclic amines) is 1. The lowest BCUT2D eigenvalue weighted by molar-refractivity contribution is -0.132. The van der Waals surface area contributed by atoms with E-state index < -0.39 is 29.9 Å². The van der Waals surface area contributed by atoms with E-state index >= 15 is 0 Å². The SMILES string of the molecule is NC(CCC(=O)N1CCC[C@H]1c1nc(-c2cnccn2)no1)CC1=C(F)C=C(F)CC(F)=C1. The first-order valence-electron chi connectivity index (χ1n) is 10.7. The minimum absolute atomic E-state index is 0.00906. The highest BCUT2D eigenvalue weighted by Gasteiger charge is 2.34. The van der Waals surface area contributed by atoms with Crippen molar-refractivity contribution in [2.75, 3.05) is 6.54 Å². The maximum atomic E-state index is 14.1. The summed E-state index contributed by atoms with van der Waals surface area (Å²) in [5.74, 6) is -2.03. The number of nitrogens with zero attached hydrogens (tertiary/aromatic N) is 5. The van der Waals surface area contributed by atoms with E-state index in [0.29, 0.717) is 36.5 Å². The molecule has 1 aliphatic carbocycles. The predicted molar refractivity (Wildman–Crippen MR) is 112 cm³/mol. The van der Waals surface area contributed by atoms with Gasteiger partial charge in [-0.15, -0.1) is 0 Å². The Morgan fingerprint density at radius 3 is 2.85 bits per heavy atom. The summed E-state index contributed by atoms with van der Waals surface area (Å²) in [5, 5.41) is 3.94. The quantitative estimate of drug-likeness (QED) is 0.664. The molecule has 1 saturated heterocycles. The zero-order chi connectivity index (χ0) is 23.4. The van der Waals surface area contributed by atoms with Gasteiger partial charge in [0, 0.05) is 37.5 Å². The molecule has 33 heavy (non-hydrogen) atoms. The molecule has 1 aliphatic heterocycles. The zero-order valence-corrected chi connectivity index (χ0v) is 17.8. The first-order valence-corrected chi connectivity index (χ1v) is 10.7. The summed E-state index contributed by atoms with van der Waals surface area (Å²) in [6.07, 6.45) is 7.48. The van der Waals surface area contributed by atoms with Crippen LogP contribution in [0.25, 0.3) is 11.5 Å². The van der Waals surface area contributed by atoms with Crippen molar-refractivity contribution >= 4 is 5.91 Å². The number of hydrogen-bond donors (Lipinski definition) is 1. The van der Waals surface area contributed by atoms with Crippen LogP contribution in [0.2, 0.25) is 0 Å². The molecule has 2 N–H and O–H groups in total. The number of carbonyl (C=O) groups is 1. The summed E-state index contributed by atoms with van der Waals surface area (Å²) < 4.78 is 46.5. The molecular formula is C22H23F3N6O2. The van der Waals surface area contributed by atoms with Gasteiger partial charge in [-0.2, -0.15) is 4.98 Å². The van der Waals surface area contributed by atoms with Crippen LogP contribution in [0.1, 0.15) is 50.5 Å². The molecule has 174 valence electrons. The molecule has 0 aromatic carbocycles. The fraction of sp³-hybridized carbons (Fsp3) is 0.409. The van der Waals surface area contributed by atoms with Crippen molar-refractivity contribution in [1.82, 2.24) is 25.0 Å². The lowest BCUT2D eigenvalue weighted by Crippen LogP contribution is -2.32. The van der Waals surface area contributed by atoms with Gasteiger partial charge in [-0.3, -0.25) is 9.78 Å². The van der Waals surface area contributed by atoms with Gasteiger partial charge in [0.05, 0.1) is 12.6 Å². The number of nitrogens with two attached hydrogens (primary N) is 1. The molecule has 3 heterocycles. The number of rotatable bonds is 7. The van der Waals surface area contributed by atoms with Gasteiger partial charge < -0.3 is 15.2 Å². The van der Waals surface area contributed by atoms with E-state index in [2.05, 4.69) is 20.1 Å². The van der Waals surface area contributed by atoms with Crippen LogP contribution in [0.15, 0.2) is 58.3 Å². The van der Waals surface area contributed by atoms with Crippen molar-refractivity contribution in [2.24, 2.45) is 5.73 Å². The van der Waals surface area contributed by atoms with E-state index in [-0.39, 0.29) is 36.8 Å². The van der Waals surface area contributed by atoms with Gasteiger partial charge in [0.15, 0.2) is 0 Å². The first kappa shape index (κ1) is 22.8. The summed E-state index contributed by atoms with van der Waals surface area (Å²) in [6, 6.07) is -0.945. The molecule has 8 nitrogen and oxygen atoms in total. The third kappa shape index (κ3) is 5.54. The van der Waals surface area contributed by atoms with Crippen molar-refractivity contribution in [1.29, 1.82) is 0 Å². The zero-order valence-electron chi connectivity index (χ0n) is 17.8. The maximum Gasteiger partial charge on any atom is 0.249 e. The minimum atomic E-state index is -0.886. The lowest BCUT2D eigenvalue weighted by Gasteiger charge is -2.22. The van der Waals surface area contributed by atoms with Crippen LogP contribution >= 0.6 is 0 Å². The first-order chi connectivity index (χ1) is 15.9. The van der Waals surface area contributed by atoms with E-state index in [1.807, 2.05) is 0 Å². The van der Waals surface area contributed by atoms with Gasteiger partial charge >= 0.3 is 0 Å². The van der Waals surface area contributed by atoms with Gasteiger partial charge in [-0.25, -0.2) is 18.2 Å².